The highest BCUT2D eigenvalue weighted by atomic mass is 19.1. The van der Waals surface area contributed by atoms with Gasteiger partial charge in [0.2, 0.25) is 5.95 Å². The second-order valence-electron chi connectivity index (χ2n) is 5.47. The summed E-state index contributed by atoms with van der Waals surface area (Å²) in [7, 11) is 0. The number of allylic oxidation sites excluding steroid dienone is 1. The van der Waals surface area contributed by atoms with Crippen LogP contribution in [0.5, 0.6) is 0 Å². The summed E-state index contributed by atoms with van der Waals surface area (Å²) < 4.78 is 20.6. The molecular weight excluding hydrogens is 311 g/mol. The third-order valence-corrected chi connectivity index (χ3v) is 3.84. The molecule has 1 aliphatic heterocycles. The van der Waals surface area contributed by atoms with Gasteiger partial charge in [-0.05, 0) is 31.0 Å². The van der Waals surface area contributed by atoms with E-state index in [4.69, 9.17) is 4.74 Å². The molecule has 1 aromatic carbocycles. The van der Waals surface area contributed by atoms with E-state index in [1.807, 2.05) is 6.92 Å². The molecular formula is C17H19FN4O2. The topological polar surface area (TPSA) is 69.0 Å². The number of carbonyl (C=O) groups is 1. The number of nitrogens with zero attached hydrogens (tertiary/aromatic N) is 3. The van der Waals surface area contributed by atoms with Crippen LogP contribution in [0.25, 0.3) is 0 Å². The Hall–Kier alpha value is -2.70. The summed E-state index contributed by atoms with van der Waals surface area (Å²) in [5.41, 5.74) is 1.81. The number of ether oxygens (including phenoxy) is 1. The monoisotopic (exact) mass is 330 g/mol. The highest BCUT2D eigenvalue weighted by Gasteiger charge is 2.35. The van der Waals surface area contributed by atoms with Gasteiger partial charge in [0.25, 0.3) is 0 Å². The van der Waals surface area contributed by atoms with Gasteiger partial charge in [-0.3, -0.25) is 0 Å². The predicted octanol–water partition coefficient (Wildman–Crippen LogP) is 3.05. The largest absolute Gasteiger partial charge is 0.463 e. The average Bonchev–Trinajstić information content (AvgIpc) is 3.02. The molecule has 1 unspecified atom stereocenters. The minimum Gasteiger partial charge on any atom is -0.463 e. The van der Waals surface area contributed by atoms with Crippen molar-refractivity contribution < 1.29 is 13.9 Å². The summed E-state index contributed by atoms with van der Waals surface area (Å²) in [6.07, 6.45) is 2.91. The first kappa shape index (κ1) is 16.2. The fourth-order valence-corrected chi connectivity index (χ4v) is 2.89. The number of carbonyl (C=O) groups excluding carboxylic acids is 1. The number of rotatable bonds is 5. The summed E-state index contributed by atoms with van der Waals surface area (Å²) in [5, 5.41) is 7.37. The second-order valence-corrected chi connectivity index (χ2v) is 5.47. The molecule has 7 heteroatoms. The maximum atomic E-state index is 13.8. The van der Waals surface area contributed by atoms with Crippen molar-refractivity contribution in [2.45, 2.75) is 32.7 Å². The van der Waals surface area contributed by atoms with E-state index >= 15 is 0 Å². The zero-order valence-corrected chi connectivity index (χ0v) is 13.6. The summed E-state index contributed by atoms with van der Waals surface area (Å²) >= 11 is 0. The number of aromatic nitrogens is 3. The molecule has 6 nitrogen and oxygen atoms in total. The van der Waals surface area contributed by atoms with E-state index in [0.29, 0.717) is 23.5 Å². The zero-order valence-electron chi connectivity index (χ0n) is 13.6. The molecule has 0 aliphatic carbocycles. The lowest BCUT2D eigenvalue weighted by Crippen LogP contribution is -2.30. The Morgan fingerprint density at radius 2 is 2.25 bits per heavy atom. The van der Waals surface area contributed by atoms with Crippen molar-refractivity contribution in [1.82, 2.24) is 14.8 Å². The average molecular weight is 330 g/mol. The third kappa shape index (κ3) is 2.89. The SMILES string of the molecule is CCCC1=C(C(=O)OCC)C(c2cccc(F)c2)n2ncnc2N1. The van der Waals surface area contributed by atoms with E-state index in [2.05, 4.69) is 15.4 Å². The number of halogens is 1. The maximum absolute atomic E-state index is 13.8. The van der Waals surface area contributed by atoms with Crippen LogP contribution in [0.2, 0.25) is 0 Å². The minimum atomic E-state index is -0.569. The molecule has 1 atom stereocenters. The molecule has 1 aliphatic rings. The van der Waals surface area contributed by atoms with Crippen molar-refractivity contribution in [2.75, 3.05) is 11.9 Å². The van der Waals surface area contributed by atoms with Crippen molar-refractivity contribution in [3.05, 3.63) is 53.2 Å². The first-order chi connectivity index (χ1) is 11.7. The van der Waals surface area contributed by atoms with Gasteiger partial charge in [0.05, 0.1) is 12.2 Å². The van der Waals surface area contributed by atoms with Crippen LogP contribution >= 0.6 is 0 Å². The molecule has 0 radical (unpaired) electrons. The molecule has 2 aromatic rings. The molecule has 24 heavy (non-hydrogen) atoms. The lowest BCUT2D eigenvalue weighted by Gasteiger charge is -2.29. The predicted molar refractivity (Wildman–Crippen MR) is 86.8 cm³/mol. The van der Waals surface area contributed by atoms with E-state index in [0.717, 1.165) is 12.1 Å². The van der Waals surface area contributed by atoms with Crippen molar-refractivity contribution in [2.24, 2.45) is 0 Å². The van der Waals surface area contributed by atoms with E-state index in [-0.39, 0.29) is 12.4 Å². The normalized spacial score (nSPS) is 16.5. The van der Waals surface area contributed by atoms with Gasteiger partial charge in [0.15, 0.2) is 0 Å². The Bertz CT molecular complexity index is 784. The molecule has 0 amide bonds. The quantitative estimate of drug-likeness (QED) is 0.853. The van der Waals surface area contributed by atoms with Crippen LogP contribution in [-0.4, -0.2) is 27.3 Å². The van der Waals surface area contributed by atoms with Crippen molar-refractivity contribution >= 4 is 11.9 Å². The number of nitrogens with one attached hydrogen (secondary N) is 1. The molecule has 0 fully saturated rings. The summed E-state index contributed by atoms with van der Waals surface area (Å²) in [6, 6.07) is 5.59. The molecule has 2 heterocycles. The van der Waals surface area contributed by atoms with Crippen molar-refractivity contribution in [3.63, 3.8) is 0 Å². The van der Waals surface area contributed by atoms with Crippen molar-refractivity contribution in [1.29, 1.82) is 0 Å². The summed E-state index contributed by atoms with van der Waals surface area (Å²) in [4.78, 5) is 16.8. The Labute approximate surface area is 139 Å². The van der Waals surface area contributed by atoms with Gasteiger partial charge < -0.3 is 10.1 Å². The van der Waals surface area contributed by atoms with Gasteiger partial charge in [0.1, 0.15) is 18.2 Å². The number of anilines is 1. The van der Waals surface area contributed by atoms with Crippen LogP contribution in [0, 0.1) is 5.82 Å². The highest BCUT2D eigenvalue weighted by molar-refractivity contribution is 5.92. The molecule has 0 saturated heterocycles. The summed E-state index contributed by atoms with van der Waals surface area (Å²) in [5.74, 6) is -0.266. The van der Waals surface area contributed by atoms with Crippen molar-refractivity contribution in [3.8, 4) is 0 Å². The van der Waals surface area contributed by atoms with Gasteiger partial charge in [-0.2, -0.15) is 10.1 Å². The van der Waals surface area contributed by atoms with E-state index in [1.165, 1.54) is 18.5 Å². The summed E-state index contributed by atoms with van der Waals surface area (Å²) in [6.45, 7) is 4.04. The van der Waals surface area contributed by atoms with E-state index < -0.39 is 12.0 Å². The Morgan fingerprint density at radius 3 is 2.96 bits per heavy atom. The van der Waals surface area contributed by atoms with Crippen LogP contribution in [0.4, 0.5) is 10.3 Å². The van der Waals surface area contributed by atoms with Crippen LogP contribution < -0.4 is 5.32 Å². The molecule has 0 spiro atoms. The van der Waals surface area contributed by atoms with E-state index in [1.54, 1.807) is 23.7 Å². The molecule has 1 aromatic heterocycles. The van der Waals surface area contributed by atoms with Crippen LogP contribution in [0.3, 0.4) is 0 Å². The Morgan fingerprint density at radius 1 is 1.42 bits per heavy atom. The molecule has 1 N–H and O–H groups in total. The second kappa shape index (κ2) is 6.82. The third-order valence-electron chi connectivity index (χ3n) is 3.84. The van der Waals surface area contributed by atoms with Gasteiger partial charge >= 0.3 is 5.97 Å². The number of hydrogen-bond donors (Lipinski definition) is 1. The first-order valence-corrected chi connectivity index (χ1v) is 7.97. The van der Waals surface area contributed by atoms with Crippen LogP contribution in [0.1, 0.15) is 38.3 Å². The zero-order chi connectivity index (χ0) is 17.1. The van der Waals surface area contributed by atoms with Crippen LogP contribution in [0.15, 0.2) is 41.9 Å². The molecule has 3 rings (SSSR count). The lowest BCUT2D eigenvalue weighted by molar-refractivity contribution is -0.139. The lowest BCUT2D eigenvalue weighted by atomic mass is 9.94. The number of fused-ring (bicyclic) bond motifs is 1. The van der Waals surface area contributed by atoms with Gasteiger partial charge in [-0.1, -0.05) is 25.5 Å². The fraction of sp³-hybridized carbons (Fsp3) is 0.353. The smallest absolute Gasteiger partial charge is 0.338 e. The molecule has 126 valence electrons. The Balaban J connectivity index is 2.17. The standard InChI is InChI=1S/C17H19FN4O2/c1-3-6-13-14(16(23)24-4-2)15(11-7-5-8-12(18)9-11)22-17(21-13)19-10-20-22/h5,7-10,15H,3-4,6H2,1-2H3,(H,19,20,21). The van der Waals surface area contributed by atoms with Gasteiger partial charge in [-0.15, -0.1) is 0 Å². The molecule has 0 saturated carbocycles. The highest BCUT2D eigenvalue weighted by Crippen LogP contribution is 2.36. The number of hydrogen-bond acceptors (Lipinski definition) is 5. The van der Waals surface area contributed by atoms with Gasteiger partial charge in [-0.25, -0.2) is 13.9 Å². The first-order valence-electron chi connectivity index (χ1n) is 7.97. The van der Waals surface area contributed by atoms with E-state index in [9.17, 15) is 9.18 Å². The fourth-order valence-electron chi connectivity index (χ4n) is 2.89. The molecule has 0 bridgehead atoms. The van der Waals surface area contributed by atoms with Crippen LogP contribution in [-0.2, 0) is 9.53 Å². The number of esters is 1. The van der Waals surface area contributed by atoms with Gasteiger partial charge in [0, 0.05) is 5.70 Å². The maximum Gasteiger partial charge on any atom is 0.338 e. The Kier molecular flexibility index (Phi) is 4.59. The minimum absolute atomic E-state index is 0.266. The number of benzene rings is 1.